The molecule has 16 heavy (non-hydrogen) atoms. The predicted molar refractivity (Wildman–Crippen MR) is 71.0 cm³/mol. The quantitative estimate of drug-likeness (QED) is 0.856. The number of aromatic nitrogens is 1. The van der Waals surface area contributed by atoms with Gasteiger partial charge in [0.15, 0.2) is 5.13 Å². The molecule has 0 spiro atoms. The first-order valence-corrected chi connectivity index (χ1v) is 6.32. The topological polar surface area (TPSA) is 50.9 Å². The lowest BCUT2D eigenvalue weighted by molar-refractivity contribution is 0.506. The van der Waals surface area contributed by atoms with Crippen LogP contribution in [0.4, 0.5) is 5.13 Å². The highest BCUT2D eigenvalue weighted by Gasteiger charge is 2.20. The number of hydrogen-bond donors (Lipinski definition) is 2. The van der Waals surface area contributed by atoms with Gasteiger partial charge in [0.05, 0.1) is 10.2 Å². The van der Waals surface area contributed by atoms with Gasteiger partial charge < -0.3 is 11.1 Å². The van der Waals surface area contributed by atoms with Gasteiger partial charge in [-0.05, 0) is 25.5 Å². The van der Waals surface area contributed by atoms with E-state index in [4.69, 9.17) is 5.73 Å². The molecule has 0 amide bonds. The first kappa shape index (κ1) is 11.4. The smallest absolute Gasteiger partial charge is 0.184 e. The molecule has 1 aromatic carbocycles. The van der Waals surface area contributed by atoms with E-state index in [1.54, 1.807) is 11.3 Å². The van der Waals surface area contributed by atoms with Crippen molar-refractivity contribution in [3.8, 4) is 0 Å². The molecule has 0 bridgehead atoms. The molecular formula is C12H17N3S. The Morgan fingerprint density at radius 2 is 2.19 bits per heavy atom. The Labute approximate surface area is 99.7 Å². The molecule has 0 aliphatic heterocycles. The second-order valence-corrected chi connectivity index (χ2v) is 5.26. The van der Waals surface area contributed by atoms with E-state index in [0.717, 1.165) is 17.1 Å². The lowest BCUT2D eigenvalue weighted by atomic mass is 10.00. The van der Waals surface area contributed by atoms with Crippen molar-refractivity contribution in [1.29, 1.82) is 0 Å². The second kappa shape index (κ2) is 4.39. The lowest BCUT2D eigenvalue weighted by Crippen LogP contribution is -2.41. The van der Waals surface area contributed by atoms with Crippen LogP contribution in [-0.4, -0.2) is 17.1 Å². The molecule has 0 saturated heterocycles. The van der Waals surface area contributed by atoms with Crippen molar-refractivity contribution < 1.29 is 0 Å². The van der Waals surface area contributed by atoms with Crippen LogP contribution in [0.25, 0.3) is 10.2 Å². The Morgan fingerprint density at radius 3 is 2.81 bits per heavy atom. The van der Waals surface area contributed by atoms with Crippen molar-refractivity contribution >= 4 is 26.7 Å². The summed E-state index contributed by atoms with van der Waals surface area (Å²) >= 11 is 1.68. The summed E-state index contributed by atoms with van der Waals surface area (Å²) in [5.74, 6) is 0. The van der Waals surface area contributed by atoms with Gasteiger partial charge in [0.25, 0.3) is 0 Å². The maximum Gasteiger partial charge on any atom is 0.184 e. The number of rotatable bonds is 4. The predicted octanol–water partition coefficient (Wildman–Crippen LogP) is 2.84. The van der Waals surface area contributed by atoms with Crippen LogP contribution in [0.2, 0.25) is 0 Å². The fourth-order valence-corrected chi connectivity index (χ4v) is 2.48. The number of hydrogen-bond acceptors (Lipinski definition) is 4. The van der Waals surface area contributed by atoms with Crippen molar-refractivity contribution in [1.82, 2.24) is 4.98 Å². The summed E-state index contributed by atoms with van der Waals surface area (Å²) in [6.07, 6.45) is 0.986. The van der Waals surface area contributed by atoms with Gasteiger partial charge in [0.1, 0.15) is 0 Å². The van der Waals surface area contributed by atoms with Crippen LogP contribution in [0.5, 0.6) is 0 Å². The van der Waals surface area contributed by atoms with E-state index in [1.165, 1.54) is 4.70 Å². The Bertz CT molecular complexity index is 441. The Morgan fingerprint density at radius 1 is 1.44 bits per heavy atom. The second-order valence-electron chi connectivity index (χ2n) is 4.23. The lowest BCUT2D eigenvalue weighted by Gasteiger charge is -2.27. The van der Waals surface area contributed by atoms with Crippen LogP contribution >= 0.6 is 11.3 Å². The molecule has 3 nitrogen and oxygen atoms in total. The molecule has 0 aliphatic rings. The fraction of sp³-hybridized carbons (Fsp3) is 0.417. The zero-order chi connectivity index (χ0) is 11.6. The molecule has 0 radical (unpaired) electrons. The monoisotopic (exact) mass is 235 g/mol. The summed E-state index contributed by atoms with van der Waals surface area (Å²) in [5, 5.41) is 4.38. The van der Waals surface area contributed by atoms with Crippen molar-refractivity contribution in [2.45, 2.75) is 25.8 Å². The minimum Gasteiger partial charge on any atom is -0.355 e. The van der Waals surface area contributed by atoms with Gasteiger partial charge in [-0.2, -0.15) is 0 Å². The fourth-order valence-electron chi connectivity index (χ4n) is 1.47. The summed E-state index contributed by atoms with van der Waals surface area (Å²) < 4.78 is 1.21. The molecule has 1 atom stereocenters. The van der Waals surface area contributed by atoms with E-state index in [2.05, 4.69) is 30.2 Å². The molecule has 2 rings (SSSR count). The van der Waals surface area contributed by atoms with Crippen LogP contribution in [0.15, 0.2) is 24.3 Å². The van der Waals surface area contributed by atoms with Gasteiger partial charge in [-0.1, -0.05) is 30.4 Å². The first-order valence-electron chi connectivity index (χ1n) is 5.51. The SMILES string of the molecule is CCC(C)(CN)Nc1nc2ccccc2s1. The molecule has 4 heteroatoms. The van der Waals surface area contributed by atoms with E-state index < -0.39 is 0 Å². The van der Waals surface area contributed by atoms with Gasteiger partial charge >= 0.3 is 0 Å². The molecule has 0 aliphatic carbocycles. The molecule has 1 aromatic heterocycles. The highest BCUT2D eigenvalue weighted by atomic mass is 32.1. The maximum absolute atomic E-state index is 5.77. The van der Waals surface area contributed by atoms with Crippen LogP contribution < -0.4 is 11.1 Å². The summed E-state index contributed by atoms with van der Waals surface area (Å²) in [5.41, 5.74) is 6.76. The number of fused-ring (bicyclic) bond motifs is 1. The minimum atomic E-state index is -0.0616. The highest BCUT2D eigenvalue weighted by Crippen LogP contribution is 2.28. The summed E-state index contributed by atoms with van der Waals surface area (Å²) in [7, 11) is 0. The largest absolute Gasteiger partial charge is 0.355 e. The molecule has 86 valence electrons. The summed E-state index contributed by atoms with van der Waals surface area (Å²) in [6, 6.07) is 8.16. The van der Waals surface area contributed by atoms with Crippen molar-refractivity contribution in [3.63, 3.8) is 0 Å². The Balaban J connectivity index is 2.27. The summed E-state index contributed by atoms with van der Waals surface area (Å²) in [4.78, 5) is 4.55. The van der Waals surface area contributed by atoms with Crippen LogP contribution in [0.3, 0.4) is 0 Å². The molecule has 0 fully saturated rings. The molecule has 1 heterocycles. The van der Waals surface area contributed by atoms with Crippen LogP contribution in [0, 0.1) is 0 Å². The molecule has 0 saturated carbocycles. The maximum atomic E-state index is 5.77. The van der Waals surface area contributed by atoms with Gasteiger partial charge in [-0.25, -0.2) is 4.98 Å². The summed E-state index contributed by atoms with van der Waals surface area (Å²) in [6.45, 7) is 4.87. The van der Waals surface area contributed by atoms with Gasteiger partial charge in [0.2, 0.25) is 0 Å². The molecule has 1 unspecified atom stereocenters. The third-order valence-corrected chi connectivity index (χ3v) is 3.89. The van der Waals surface area contributed by atoms with Crippen molar-refractivity contribution in [2.24, 2.45) is 5.73 Å². The third kappa shape index (κ3) is 2.18. The molecular weight excluding hydrogens is 218 g/mol. The van der Waals surface area contributed by atoms with E-state index in [-0.39, 0.29) is 5.54 Å². The minimum absolute atomic E-state index is 0.0616. The average molecular weight is 235 g/mol. The Hall–Kier alpha value is -1.13. The van der Waals surface area contributed by atoms with Crippen LogP contribution in [-0.2, 0) is 0 Å². The number of nitrogens with zero attached hydrogens (tertiary/aromatic N) is 1. The standard InChI is InChI=1S/C12H17N3S/c1-3-12(2,8-13)15-11-14-9-6-4-5-7-10(9)16-11/h4-7H,3,8,13H2,1-2H3,(H,14,15). The van der Waals surface area contributed by atoms with Crippen LogP contribution in [0.1, 0.15) is 20.3 Å². The number of para-hydroxylation sites is 1. The van der Waals surface area contributed by atoms with E-state index in [0.29, 0.717) is 6.54 Å². The zero-order valence-corrected chi connectivity index (χ0v) is 10.5. The number of thiazole rings is 1. The number of nitrogens with one attached hydrogen (secondary N) is 1. The average Bonchev–Trinajstić information content (AvgIpc) is 2.70. The van der Waals surface area contributed by atoms with Crippen molar-refractivity contribution in [2.75, 3.05) is 11.9 Å². The first-order chi connectivity index (χ1) is 7.67. The number of benzene rings is 1. The highest BCUT2D eigenvalue weighted by molar-refractivity contribution is 7.22. The van der Waals surface area contributed by atoms with E-state index in [1.807, 2.05) is 18.2 Å². The van der Waals surface area contributed by atoms with Gasteiger partial charge in [0, 0.05) is 12.1 Å². The molecule has 2 aromatic rings. The zero-order valence-electron chi connectivity index (χ0n) is 9.66. The van der Waals surface area contributed by atoms with E-state index >= 15 is 0 Å². The number of nitrogens with two attached hydrogens (primary N) is 1. The Kier molecular flexibility index (Phi) is 3.12. The number of anilines is 1. The third-order valence-electron chi connectivity index (χ3n) is 2.93. The van der Waals surface area contributed by atoms with Gasteiger partial charge in [-0.15, -0.1) is 0 Å². The normalized spacial score (nSPS) is 14.9. The van der Waals surface area contributed by atoms with Crippen molar-refractivity contribution in [3.05, 3.63) is 24.3 Å². The van der Waals surface area contributed by atoms with Gasteiger partial charge in [-0.3, -0.25) is 0 Å². The van der Waals surface area contributed by atoms with E-state index in [9.17, 15) is 0 Å². The molecule has 3 N–H and O–H groups in total.